The zero-order chi connectivity index (χ0) is 74.9. The van der Waals surface area contributed by atoms with Gasteiger partial charge in [0.25, 0.3) is 0 Å². The molecule has 0 aliphatic carbocycles. The van der Waals surface area contributed by atoms with Crippen LogP contribution in [0.1, 0.15) is 440 Å². The van der Waals surface area contributed by atoms with Crippen LogP contribution in [-0.4, -0.2) is 96.7 Å². The molecule has 19 heteroatoms. The number of phosphoric ester groups is 2. The summed E-state index contributed by atoms with van der Waals surface area (Å²) in [6, 6.07) is 0. The van der Waals surface area contributed by atoms with E-state index in [0.29, 0.717) is 31.6 Å². The summed E-state index contributed by atoms with van der Waals surface area (Å²) in [7, 11) is -9.92. The molecule has 17 nitrogen and oxygen atoms in total. The van der Waals surface area contributed by atoms with E-state index in [0.717, 1.165) is 102 Å². The molecule has 0 aliphatic heterocycles. The van der Waals surface area contributed by atoms with Gasteiger partial charge in [-0.3, -0.25) is 37.3 Å². The molecular weight excluding hydrogens is 1330 g/mol. The summed E-state index contributed by atoms with van der Waals surface area (Å²) in [5, 5.41) is 10.6. The van der Waals surface area contributed by atoms with Crippen molar-refractivity contribution in [2.45, 2.75) is 458 Å². The minimum absolute atomic E-state index is 0.107. The Morgan fingerprint density at radius 2 is 0.451 bits per heavy atom. The summed E-state index contributed by atoms with van der Waals surface area (Å²) in [6.45, 7) is 9.62. The Hall–Kier alpha value is -1.94. The van der Waals surface area contributed by atoms with Gasteiger partial charge in [-0.2, -0.15) is 0 Å². The molecule has 0 aliphatic rings. The fourth-order valence-corrected chi connectivity index (χ4v) is 14.5. The number of aliphatic hydroxyl groups is 1. The molecule has 0 heterocycles. The maximum Gasteiger partial charge on any atom is 0.472 e. The van der Waals surface area contributed by atoms with Crippen LogP contribution in [0.15, 0.2) is 0 Å². The number of ether oxygens (including phenoxy) is 4. The van der Waals surface area contributed by atoms with E-state index < -0.39 is 97.5 Å². The van der Waals surface area contributed by atoms with Gasteiger partial charge in [-0.15, -0.1) is 0 Å². The number of hydrogen-bond donors (Lipinski definition) is 3. The molecular formula is C83H162O17P2. The second kappa shape index (κ2) is 74.5. The molecule has 0 rings (SSSR count). The summed E-state index contributed by atoms with van der Waals surface area (Å²) in [6.07, 6.45) is 65.4. The molecule has 5 atom stereocenters. The Morgan fingerprint density at radius 1 is 0.265 bits per heavy atom. The Balaban J connectivity index is 5.22. The van der Waals surface area contributed by atoms with Crippen molar-refractivity contribution in [3.63, 3.8) is 0 Å². The summed E-state index contributed by atoms with van der Waals surface area (Å²) < 4.78 is 68.8. The Kier molecular flexibility index (Phi) is 73.1. The highest BCUT2D eigenvalue weighted by molar-refractivity contribution is 7.47. The van der Waals surface area contributed by atoms with Crippen molar-refractivity contribution < 1.29 is 80.2 Å². The Morgan fingerprint density at radius 3 is 0.667 bits per heavy atom. The van der Waals surface area contributed by atoms with Gasteiger partial charge in [0, 0.05) is 25.7 Å². The molecule has 0 saturated carbocycles. The number of unbranched alkanes of at least 4 members (excludes halogenated alkanes) is 52. The molecule has 0 fully saturated rings. The molecule has 0 radical (unpaired) electrons. The van der Waals surface area contributed by atoms with Crippen LogP contribution in [0.2, 0.25) is 0 Å². The normalized spacial score (nSPS) is 13.9. The number of hydrogen-bond acceptors (Lipinski definition) is 15. The van der Waals surface area contributed by atoms with Crippen LogP contribution < -0.4 is 0 Å². The van der Waals surface area contributed by atoms with Gasteiger partial charge in [0.05, 0.1) is 26.4 Å². The lowest BCUT2D eigenvalue weighted by molar-refractivity contribution is -0.161. The fraction of sp³-hybridized carbons (Fsp3) is 0.952. The largest absolute Gasteiger partial charge is 0.472 e. The molecule has 0 spiro atoms. The average Bonchev–Trinajstić information content (AvgIpc) is 0.910. The summed E-state index contributed by atoms with van der Waals surface area (Å²) in [5.74, 6) is -0.595. The van der Waals surface area contributed by atoms with Crippen molar-refractivity contribution in [1.82, 2.24) is 0 Å². The smallest absolute Gasteiger partial charge is 0.462 e. The molecule has 606 valence electrons. The number of aliphatic hydroxyl groups excluding tert-OH is 1. The molecule has 0 amide bonds. The summed E-state index contributed by atoms with van der Waals surface area (Å²) in [4.78, 5) is 73.1. The van der Waals surface area contributed by atoms with Crippen LogP contribution in [0.4, 0.5) is 0 Å². The molecule has 0 aromatic heterocycles. The summed E-state index contributed by atoms with van der Waals surface area (Å²) in [5.41, 5.74) is 0. The first kappa shape index (κ1) is 100. The van der Waals surface area contributed by atoms with E-state index in [2.05, 4.69) is 41.5 Å². The van der Waals surface area contributed by atoms with Crippen molar-refractivity contribution in [3.8, 4) is 0 Å². The Labute approximate surface area is 626 Å². The van der Waals surface area contributed by atoms with Gasteiger partial charge in [-0.1, -0.05) is 388 Å². The average molecular weight is 1490 g/mol. The van der Waals surface area contributed by atoms with Crippen LogP contribution in [0.5, 0.6) is 0 Å². The zero-order valence-corrected chi connectivity index (χ0v) is 68.7. The van der Waals surface area contributed by atoms with Crippen LogP contribution in [0, 0.1) is 11.8 Å². The lowest BCUT2D eigenvalue weighted by Gasteiger charge is -2.21. The minimum atomic E-state index is -4.96. The van der Waals surface area contributed by atoms with Gasteiger partial charge in [0.2, 0.25) is 0 Å². The standard InChI is InChI=1S/C83H162O17P2/c1-7-9-11-13-15-17-19-21-22-23-24-25-26-27-30-35-39-43-49-56-62-68-83(88)99-78(71-93-80(85)65-59-53-47-41-37-34-31-28-29-33-36-40-45-51-57-63-75(3)4)73-97-101(89,90)95-69-77(84)70-96-102(91,92)98-74-79(72-94-81(86)66-60-54-50-44-46-52-58-64-76(5)6)100-82(87)67-61-55-48-42-38-32-20-18-16-14-12-10-8-2/h75-79,84H,7-74H2,1-6H3,(H,89,90)(H,91,92)/t77-,78-,79-/m1/s1. The fourth-order valence-electron chi connectivity index (χ4n) is 12.9. The highest BCUT2D eigenvalue weighted by Gasteiger charge is 2.30. The highest BCUT2D eigenvalue weighted by atomic mass is 31.2. The first-order valence-electron chi connectivity index (χ1n) is 43.0. The van der Waals surface area contributed by atoms with Crippen LogP contribution >= 0.6 is 15.6 Å². The van der Waals surface area contributed by atoms with Gasteiger partial charge >= 0.3 is 39.5 Å². The third-order valence-corrected chi connectivity index (χ3v) is 21.4. The van der Waals surface area contributed by atoms with E-state index in [-0.39, 0.29) is 25.7 Å². The second-order valence-electron chi connectivity index (χ2n) is 30.8. The molecule has 0 saturated heterocycles. The maximum absolute atomic E-state index is 13.1. The lowest BCUT2D eigenvalue weighted by atomic mass is 10.0. The number of esters is 4. The van der Waals surface area contributed by atoms with Crippen molar-refractivity contribution >= 4 is 39.5 Å². The zero-order valence-electron chi connectivity index (χ0n) is 66.9. The number of carbonyl (C=O) groups excluding carboxylic acids is 4. The van der Waals surface area contributed by atoms with Crippen molar-refractivity contribution in [2.75, 3.05) is 39.6 Å². The third-order valence-electron chi connectivity index (χ3n) is 19.5. The molecule has 0 aromatic rings. The van der Waals surface area contributed by atoms with Crippen LogP contribution in [-0.2, 0) is 65.4 Å². The van der Waals surface area contributed by atoms with E-state index in [9.17, 15) is 43.2 Å². The van der Waals surface area contributed by atoms with Crippen LogP contribution in [0.3, 0.4) is 0 Å². The van der Waals surface area contributed by atoms with Crippen LogP contribution in [0.25, 0.3) is 0 Å². The first-order valence-corrected chi connectivity index (χ1v) is 46.0. The number of phosphoric acid groups is 2. The van der Waals surface area contributed by atoms with E-state index >= 15 is 0 Å². The molecule has 0 aromatic carbocycles. The van der Waals surface area contributed by atoms with Gasteiger partial charge in [-0.25, -0.2) is 9.13 Å². The van der Waals surface area contributed by atoms with E-state index in [1.165, 1.54) is 250 Å². The third kappa shape index (κ3) is 76.3. The van der Waals surface area contributed by atoms with Gasteiger partial charge in [0.1, 0.15) is 19.3 Å². The Bertz CT molecular complexity index is 1960. The number of rotatable bonds is 82. The van der Waals surface area contributed by atoms with Crippen molar-refractivity contribution in [2.24, 2.45) is 11.8 Å². The molecule has 3 N–H and O–H groups in total. The SMILES string of the molecule is CCCCCCCCCCCCCCCCCCCCCCCC(=O)O[C@H](COC(=O)CCCCCCCCCCCCCCCCCC(C)C)COP(=O)(O)OC[C@@H](O)COP(=O)(O)OC[C@@H](COC(=O)CCCCCCCCCC(C)C)OC(=O)CCCCCCCCCCCCCCC. The van der Waals surface area contributed by atoms with Gasteiger partial charge < -0.3 is 33.8 Å². The van der Waals surface area contributed by atoms with E-state index in [1.54, 1.807) is 0 Å². The highest BCUT2D eigenvalue weighted by Crippen LogP contribution is 2.45. The molecule has 102 heavy (non-hydrogen) atoms. The first-order chi connectivity index (χ1) is 49.4. The van der Waals surface area contributed by atoms with Crippen molar-refractivity contribution in [3.05, 3.63) is 0 Å². The van der Waals surface area contributed by atoms with Gasteiger partial charge in [-0.05, 0) is 37.5 Å². The second-order valence-corrected chi connectivity index (χ2v) is 33.7. The molecule has 2 unspecified atom stereocenters. The predicted octanol–water partition coefficient (Wildman–Crippen LogP) is 25.1. The van der Waals surface area contributed by atoms with Gasteiger partial charge in [0.15, 0.2) is 12.2 Å². The topological polar surface area (TPSA) is 237 Å². The predicted molar refractivity (Wildman–Crippen MR) is 418 cm³/mol. The van der Waals surface area contributed by atoms with E-state index in [4.69, 9.17) is 37.0 Å². The quantitative estimate of drug-likeness (QED) is 0.0222. The monoisotopic (exact) mass is 1490 g/mol. The van der Waals surface area contributed by atoms with Crippen molar-refractivity contribution in [1.29, 1.82) is 0 Å². The minimum Gasteiger partial charge on any atom is -0.462 e. The lowest BCUT2D eigenvalue weighted by Crippen LogP contribution is -2.30. The van der Waals surface area contributed by atoms with E-state index in [1.807, 2.05) is 0 Å². The summed E-state index contributed by atoms with van der Waals surface area (Å²) >= 11 is 0. The number of carbonyl (C=O) groups is 4. The maximum atomic E-state index is 13.1. The molecule has 0 bridgehead atoms.